The molecule has 4 heterocycles. The molecule has 2 N–H and O–H groups in total. The van der Waals surface area contributed by atoms with Crippen LogP contribution in [0.5, 0.6) is 11.6 Å². The van der Waals surface area contributed by atoms with E-state index in [4.69, 9.17) is 9.72 Å². The number of rotatable bonds is 8. The predicted octanol–water partition coefficient (Wildman–Crippen LogP) is 6.65. The van der Waals surface area contributed by atoms with Gasteiger partial charge in [-0.05, 0) is 92.9 Å². The Balaban J connectivity index is 1.32. The van der Waals surface area contributed by atoms with E-state index in [-0.39, 0.29) is 5.82 Å². The van der Waals surface area contributed by atoms with Gasteiger partial charge in [0.1, 0.15) is 11.6 Å². The van der Waals surface area contributed by atoms with Gasteiger partial charge in [-0.2, -0.15) is 0 Å². The summed E-state index contributed by atoms with van der Waals surface area (Å²) in [6, 6.07) is 13.2. The van der Waals surface area contributed by atoms with Crippen LogP contribution in [0.3, 0.4) is 0 Å². The van der Waals surface area contributed by atoms with Gasteiger partial charge in [0, 0.05) is 35.7 Å². The molecule has 0 amide bonds. The summed E-state index contributed by atoms with van der Waals surface area (Å²) in [7, 11) is 0. The zero-order chi connectivity index (χ0) is 27.5. The van der Waals surface area contributed by atoms with E-state index in [0.29, 0.717) is 47.7 Å². The molecule has 2 aromatic carbocycles. The number of aryl methyl sites for hydroxylation is 4. The van der Waals surface area contributed by atoms with Gasteiger partial charge in [0.15, 0.2) is 0 Å². The second kappa shape index (κ2) is 11.7. The van der Waals surface area contributed by atoms with Crippen LogP contribution in [0, 0.1) is 19.7 Å². The zero-order valence-corrected chi connectivity index (χ0v) is 23.4. The average Bonchev–Trinajstić information content (AvgIpc) is 3.39. The normalized spacial score (nSPS) is 15.3. The van der Waals surface area contributed by atoms with Gasteiger partial charge in [-0.3, -0.25) is 0 Å². The molecule has 1 aliphatic heterocycles. The number of thiazole rings is 1. The zero-order valence-electron chi connectivity index (χ0n) is 22.6. The average molecular weight is 555 g/mol. The minimum Gasteiger partial charge on any atom is -0.437 e. The number of anilines is 1. The molecule has 1 atom stereocenters. The first-order valence-corrected chi connectivity index (χ1v) is 14.5. The van der Waals surface area contributed by atoms with Crippen LogP contribution in [0.2, 0.25) is 0 Å². The lowest BCUT2D eigenvalue weighted by Crippen LogP contribution is -2.38. The first kappa shape index (κ1) is 26.3. The van der Waals surface area contributed by atoms with E-state index in [9.17, 15) is 0 Å². The SMILES string of the molecule is Cc1nc(CCc2c(F)ccc3c(Oc4ncccc4-c4ccnc(N[C@H]5CCCNC5)n4)c(C)ccc23)cs1. The van der Waals surface area contributed by atoms with E-state index in [0.717, 1.165) is 58.5 Å². The molecule has 0 spiro atoms. The van der Waals surface area contributed by atoms with Gasteiger partial charge in [0.2, 0.25) is 11.8 Å². The molecular formula is C31H31FN6OS. The van der Waals surface area contributed by atoms with Gasteiger partial charge < -0.3 is 15.4 Å². The van der Waals surface area contributed by atoms with Crippen molar-refractivity contribution in [2.75, 3.05) is 18.4 Å². The molecule has 9 heteroatoms. The highest BCUT2D eigenvalue weighted by atomic mass is 32.1. The van der Waals surface area contributed by atoms with Gasteiger partial charge in [-0.1, -0.05) is 12.1 Å². The predicted molar refractivity (Wildman–Crippen MR) is 158 cm³/mol. The first-order valence-electron chi connectivity index (χ1n) is 13.6. The summed E-state index contributed by atoms with van der Waals surface area (Å²) in [5, 5.41) is 11.6. The molecule has 5 aromatic rings. The van der Waals surface area contributed by atoms with Crippen molar-refractivity contribution in [3.8, 4) is 22.9 Å². The molecule has 0 aliphatic carbocycles. The van der Waals surface area contributed by atoms with E-state index < -0.39 is 0 Å². The topological polar surface area (TPSA) is 84.9 Å². The maximum atomic E-state index is 15.1. The highest BCUT2D eigenvalue weighted by molar-refractivity contribution is 7.09. The number of piperidine rings is 1. The summed E-state index contributed by atoms with van der Waals surface area (Å²) in [6.07, 6.45) is 6.88. The highest BCUT2D eigenvalue weighted by Crippen LogP contribution is 2.38. The molecule has 0 unspecified atom stereocenters. The molecule has 0 saturated carbocycles. The highest BCUT2D eigenvalue weighted by Gasteiger charge is 2.18. The van der Waals surface area contributed by atoms with Crippen LogP contribution in [0.15, 0.2) is 60.2 Å². The van der Waals surface area contributed by atoms with Crippen molar-refractivity contribution >= 4 is 28.1 Å². The Kier molecular flexibility index (Phi) is 7.66. The molecule has 1 fully saturated rings. The Bertz CT molecular complexity index is 1650. The lowest BCUT2D eigenvalue weighted by molar-refractivity contribution is 0.466. The van der Waals surface area contributed by atoms with Crippen molar-refractivity contribution in [1.82, 2.24) is 25.3 Å². The van der Waals surface area contributed by atoms with E-state index in [1.54, 1.807) is 29.8 Å². The van der Waals surface area contributed by atoms with Crippen LogP contribution in [0.4, 0.5) is 10.3 Å². The number of ether oxygens (including phenoxy) is 1. The molecule has 40 heavy (non-hydrogen) atoms. The monoisotopic (exact) mass is 554 g/mol. The summed E-state index contributed by atoms with van der Waals surface area (Å²) in [5.41, 5.74) is 4.06. The number of nitrogens with zero attached hydrogens (tertiary/aromatic N) is 4. The Morgan fingerprint density at radius 3 is 2.75 bits per heavy atom. The number of fused-ring (bicyclic) bond motifs is 1. The number of pyridine rings is 1. The molecule has 6 rings (SSSR count). The smallest absolute Gasteiger partial charge is 0.228 e. The molecular weight excluding hydrogens is 523 g/mol. The second-order valence-electron chi connectivity index (χ2n) is 10.1. The Labute approximate surface area is 236 Å². The standard InChI is InChI=1S/C31H31FN6OS/c1-19-7-9-23-24(10-8-22-18-40-20(2)36-22)27(32)12-11-25(23)29(19)39-30-26(6-4-15-34-30)28-13-16-35-31(38-28)37-21-5-3-14-33-17-21/h4,6-7,9,11-13,15-16,18,21,33H,3,5,8,10,14,17H2,1-2H3,(H,35,37,38)/t21-/m0/s1. The summed E-state index contributed by atoms with van der Waals surface area (Å²) < 4.78 is 21.6. The van der Waals surface area contributed by atoms with Crippen LogP contribution in [-0.4, -0.2) is 39.1 Å². The number of nitrogens with one attached hydrogen (secondary N) is 2. The summed E-state index contributed by atoms with van der Waals surface area (Å²) in [6.45, 7) is 5.91. The van der Waals surface area contributed by atoms with Gasteiger partial charge in [0.05, 0.1) is 22.0 Å². The number of hydrogen-bond donors (Lipinski definition) is 2. The van der Waals surface area contributed by atoms with Gasteiger partial charge >= 0.3 is 0 Å². The molecule has 0 radical (unpaired) electrons. The molecule has 7 nitrogen and oxygen atoms in total. The van der Waals surface area contributed by atoms with Crippen LogP contribution in [-0.2, 0) is 12.8 Å². The maximum Gasteiger partial charge on any atom is 0.228 e. The fraction of sp³-hybridized carbons (Fsp3) is 0.290. The van der Waals surface area contributed by atoms with Crippen molar-refractivity contribution in [2.45, 2.75) is 45.6 Å². The Hall–Kier alpha value is -3.95. The van der Waals surface area contributed by atoms with E-state index in [1.165, 1.54) is 6.07 Å². The third-order valence-electron chi connectivity index (χ3n) is 7.23. The third kappa shape index (κ3) is 5.66. The molecule has 0 bridgehead atoms. The van der Waals surface area contributed by atoms with Crippen LogP contribution in [0.1, 0.15) is 34.7 Å². The summed E-state index contributed by atoms with van der Waals surface area (Å²) in [5.74, 6) is 1.45. The maximum absolute atomic E-state index is 15.1. The third-order valence-corrected chi connectivity index (χ3v) is 8.05. The minimum absolute atomic E-state index is 0.220. The molecule has 204 valence electrons. The van der Waals surface area contributed by atoms with Crippen molar-refractivity contribution in [2.24, 2.45) is 0 Å². The van der Waals surface area contributed by atoms with Crippen molar-refractivity contribution in [3.05, 3.63) is 87.9 Å². The molecule has 3 aromatic heterocycles. The fourth-order valence-corrected chi connectivity index (χ4v) is 5.84. The quantitative estimate of drug-likeness (QED) is 0.222. The van der Waals surface area contributed by atoms with Crippen molar-refractivity contribution in [1.29, 1.82) is 0 Å². The largest absolute Gasteiger partial charge is 0.437 e. The van der Waals surface area contributed by atoms with Gasteiger partial charge in [0.25, 0.3) is 0 Å². The summed E-state index contributed by atoms with van der Waals surface area (Å²) in [4.78, 5) is 18.3. The first-order chi connectivity index (χ1) is 19.5. The van der Waals surface area contributed by atoms with Crippen molar-refractivity contribution in [3.63, 3.8) is 0 Å². The number of halogens is 1. The lowest BCUT2D eigenvalue weighted by atomic mass is 9.97. The van der Waals surface area contributed by atoms with Gasteiger partial charge in [-0.15, -0.1) is 11.3 Å². The van der Waals surface area contributed by atoms with E-state index in [2.05, 4.69) is 25.6 Å². The second-order valence-corrected chi connectivity index (χ2v) is 11.2. The van der Waals surface area contributed by atoms with Crippen molar-refractivity contribution < 1.29 is 9.13 Å². The molecule has 1 saturated heterocycles. The lowest BCUT2D eigenvalue weighted by Gasteiger charge is -2.23. The number of hydrogen-bond acceptors (Lipinski definition) is 8. The van der Waals surface area contributed by atoms with Crippen LogP contribution >= 0.6 is 11.3 Å². The van der Waals surface area contributed by atoms with Crippen LogP contribution < -0.4 is 15.4 Å². The van der Waals surface area contributed by atoms with Gasteiger partial charge in [-0.25, -0.2) is 24.3 Å². The number of aromatic nitrogens is 4. The Morgan fingerprint density at radius 1 is 1.02 bits per heavy atom. The number of benzene rings is 2. The minimum atomic E-state index is -0.220. The van der Waals surface area contributed by atoms with E-state index >= 15 is 4.39 Å². The van der Waals surface area contributed by atoms with Crippen LogP contribution in [0.25, 0.3) is 22.0 Å². The molecule has 1 aliphatic rings. The Morgan fingerprint density at radius 2 is 1.93 bits per heavy atom. The summed E-state index contributed by atoms with van der Waals surface area (Å²) >= 11 is 1.61. The van der Waals surface area contributed by atoms with E-state index in [1.807, 2.05) is 49.6 Å². The fourth-order valence-electron chi connectivity index (χ4n) is 5.19.